The molecule has 0 spiro atoms. The Morgan fingerprint density at radius 3 is 2.58 bits per heavy atom. The zero-order valence-electron chi connectivity index (χ0n) is 8.78. The number of hydrogen-bond donors (Lipinski definition) is 2. The van der Waals surface area contributed by atoms with Crippen LogP contribution in [0.4, 0.5) is 0 Å². The maximum absolute atomic E-state index is 3.63. The van der Waals surface area contributed by atoms with Crippen molar-refractivity contribution in [1.29, 1.82) is 0 Å². The zero-order chi connectivity index (χ0) is 9.19. The van der Waals surface area contributed by atoms with E-state index >= 15 is 0 Å². The second-order valence-corrected chi connectivity index (χ2v) is 4.83. The maximum atomic E-state index is 3.63. The van der Waals surface area contributed by atoms with Gasteiger partial charge in [-0.1, -0.05) is 27.7 Å². The number of nitrogens with one attached hydrogen (secondary N) is 2. The lowest BCUT2D eigenvalue weighted by molar-refractivity contribution is 0.176. The fourth-order valence-corrected chi connectivity index (χ4v) is 1.88. The van der Waals surface area contributed by atoms with Crippen LogP contribution >= 0.6 is 0 Å². The topological polar surface area (TPSA) is 24.1 Å². The van der Waals surface area contributed by atoms with Gasteiger partial charge >= 0.3 is 0 Å². The van der Waals surface area contributed by atoms with Crippen LogP contribution in [-0.4, -0.2) is 25.2 Å². The third-order valence-electron chi connectivity index (χ3n) is 2.67. The Kier molecular flexibility index (Phi) is 3.13. The molecule has 1 aliphatic heterocycles. The van der Waals surface area contributed by atoms with Crippen molar-refractivity contribution >= 4 is 0 Å². The lowest BCUT2D eigenvalue weighted by Gasteiger charge is -2.40. The Morgan fingerprint density at radius 2 is 2.08 bits per heavy atom. The van der Waals surface area contributed by atoms with Crippen LogP contribution in [0.25, 0.3) is 0 Å². The SMILES string of the molecule is CC(C)NC1CCNCC1(C)C. The predicted molar refractivity (Wildman–Crippen MR) is 53.3 cm³/mol. The molecule has 1 fully saturated rings. The van der Waals surface area contributed by atoms with Gasteiger partial charge in [0.1, 0.15) is 0 Å². The average Bonchev–Trinajstić information content (AvgIpc) is 1.92. The van der Waals surface area contributed by atoms with Crippen molar-refractivity contribution in [3.8, 4) is 0 Å². The van der Waals surface area contributed by atoms with Crippen molar-refractivity contribution in [2.24, 2.45) is 5.41 Å². The first-order chi connectivity index (χ1) is 5.52. The molecule has 1 rings (SSSR count). The highest BCUT2D eigenvalue weighted by Crippen LogP contribution is 2.25. The molecule has 72 valence electrons. The summed E-state index contributed by atoms with van der Waals surface area (Å²) in [5.74, 6) is 0. The fraction of sp³-hybridized carbons (Fsp3) is 1.00. The molecule has 0 aliphatic carbocycles. The highest BCUT2D eigenvalue weighted by atomic mass is 15.0. The van der Waals surface area contributed by atoms with Gasteiger partial charge in [-0.3, -0.25) is 0 Å². The van der Waals surface area contributed by atoms with Gasteiger partial charge < -0.3 is 10.6 Å². The number of piperidine rings is 1. The number of hydrogen-bond acceptors (Lipinski definition) is 2. The molecule has 2 heteroatoms. The molecule has 1 aliphatic rings. The summed E-state index contributed by atoms with van der Waals surface area (Å²) in [4.78, 5) is 0. The predicted octanol–water partition coefficient (Wildman–Crippen LogP) is 1.37. The molecule has 2 nitrogen and oxygen atoms in total. The van der Waals surface area contributed by atoms with Crippen molar-refractivity contribution in [2.75, 3.05) is 13.1 Å². The van der Waals surface area contributed by atoms with Crippen LogP contribution in [0.2, 0.25) is 0 Å². The zero-order valence-corrected chi connectivity index (χ0v) is 8.78. The van der Waals surface area contributed by atoms with Crippen LogP contribution < -0.4 is 10.6 Å². The summed E-state index contributed by atoms with van der Waals surface area (Å²) in [7, 11) is 0. The van der Waals surface area contributed by atoms with E-state index in [1.54, 1.807) is 0 Å². The van der Waals surface area contributed by atoms with Gasteiger partial charge in [0.25, 0.3) is 0 Å². The van der Waals surface area contributed by atoms with Crippen molar-refractivity contribution in [2.45, 2.75) is 46.2 Å². The van der Waals surface area contributed by atoms with Gasteiger partial charge in [0, 0.05) is 18.6 Å². The quantitative estimate of drug-likeness (QED) is 0.654. The molecule has 0 saturated carbocycles. The Hall–Kier alpha value is -0.0800. The van der Waals surface area contributed by atoms with E-state index in [2.05, 4.69) is 38.3 Å². The van der Waals surface area contributed by atoms with Gasteiger partial charge in [-0.15, -0.1) is 0 Å². The van der Waals surface area contributed by atoms with Crippen molar-refractivity contribution < 1.29 is 0 Å². The molecule has 1 atom stereocenters. The summed E-state index contributed by atoms with van der Waals surface area (Å²) in [6.07, 6.45) is 1.26. The minimum atomic E-state index is 0.405. The molecular weight excluding hydrogens is 148 g/mol. The van der Waals surface area contributed by atoms with E-state index in [1.807, 2.05) is 0 Å². The molecule has 0 aromatic rings. The van der Waals surface area contributed by atoms with Gasteiger partial charge in [-0.05, 0) is 18.4 Å². The van der Waals surface area contributed by atoms with Crippen LogP contribution in [-0.2, 0) is 0 Å². The molecular formula is C10H22N2. The summed E-state index contributed by atoms with van der Waals surface area (Å²) < 4.78 is 0. The Balaban J connectivity index is 2.48. The highest BCUT2D eigenvalue weighted by Gasteiger charge is 2.31. The van der Waals surface area contributed by atoms with Gasteiger partial charge in [0.05, 0.1) is 0 Å². The first-order valence-corrected chi connectivity index (χ1v) is 4.99. The molecule has 1 saturated heterocycles. The van der Waals surface area contributed by atoms with Crippen molar-refractivity contribution in [3.63, 3.8) is 0 Å². The van der Waals surface area contributed by atoms with Crippen LogP contribution in [0.5, 0.6) is 0 Å². The van der Waals surface area contributed by atoms with E-state index in [4.69, 9.17) is 0 Å². The Labute approximate surface area is 76.1 Å². The largest absolute Gasteiger partial charge is 0.316 e. The second kappa shape index (κ2) is 3.75. The van der Waals surface area contributed by atoms with E-state index in [1.165, 1.54) is 6.42 Å². The van der Waals surface area contributed by atoms with E-state index < -0.39 is 0 Å². The van der Waals surface area contributed by atoms with Crippen molar-refractivity contribution in [3.05, 3.63) is 0 Å². The summed E-state index contributed by atoms with van der Waals surface area (Å²) in [5.41, 5.74) is 0.405. The van der Waals surface area contributed by atoms with Gasteiger partial charge in [-0.2, -0.15) is 0 Å². The van der Waals surface area contributed by atoms with E-state index in [0.29, 0.717) is 17.5 Å². The molecule has 0 aromatic heterocycles. The molecule has 2 N–H and O–H groups in total. The molecule has 0 radical (unpaired) electrons. The first kappa shape index (κ1) is 10.0. The van der Waals surface area contributed by atoms with E-state index in [0.717, 1.165) is 13.1 Å². The van der Waals surface area contributed by atoms with E-state index in [-0.39, 0.29) is 0 Å². The molecule has 1 unspecified atom stereocenters. The monoisotopic (exact) mass is 170 g/mol. The summed E-state index contributed by atoms with van der Waals surface area (Å²) in [6, 6.07) is 1.28. The fourth-order valence-electron chi connectivity index (χ4n) is 1.88. The van der Waals surface area contributed by atoms with Crippen molar-refractivity contribution in [1.82, 2.24) is 10.6 Å². The maximum Gasteiger partial charge on any atom is 0.0145 e. The van der Waals surface area contributed by atoms with Crippen LogP contribution in [0, 0.1) is 5.41 Å². The van der Waals surface area contributed by atoms with Crippen LogP contribution in [0.15, 0.2) is 0 Å². The molecule has 1 heterocycles. The lowest BCUT2D eigenvalue weighted by atomic mass is 9.80. The van der Waals surface area contributed by atoms with E-state index in [9.17, 15) is 0 Å². The minimum Gasteiger partial charge on any atom is -0.316 e. The van der Waals surface area contributed by atoms with Gasteiger partial charge in [0.2, 0.25) is 0 Å². The highest BCUT2D eigenvalue weighted by molar-refractivity contribution is 4.90. The van der Waals surface area contributed by atoms with Gasteiger partial charge in [-0.25, -0.2) is 0 Å². The lowest BCUT2D eigenvalue weighted by Crippen LogP contribution is -2.54. The third kappa shape index (κ3) is 2.46. The summed E-state index contributed by atoms with van der Waals surface area (Å²) >= 11 is 0. The van der Waals surface area contributed by atoms with Gasteiger partial charge in [0.15, 0.2) is 0 Å². The molecule has 0 bridgehead atoms. The average molecular weight is 170 g/mol. The first-order valence-electron chi connectivity index (χ1n) is 4.99. The minimum absolute atomic E-state index is 0.405. The molecule has 0 amide bonds. The normalized spacial score (nSPS) is 29.2. The smallest absolute Gasteiger partial charge is 0.0145 e. The summed E-state index contributed by atoms with van der Waals surface area (Å²) in [5, 5.41) is 7.07. The number of rotatable bonds is 2. The Morgan fingerprint density at radius 1 is 1.42 bits per heavy atom. The molecule has 12 heavy (non-hydrogen) atoms. The molecule has 0 aromatic carbocycles. The third-order valence-corrected chi connectivity index (χ3v) is 2.67. The van der Waals surface area contributed by atoms with Crippen LogP contribution in [0.3, 0.4) is 0 Å². The second-order valence-electron chi connectivity index (χ2n) is 4.83. The summed E-state index contributed by atoms with van der Waals surface area (Å²) in [6.45, 7) is 11.4. The Bertz CT molecular complexity index is 141. The standard InChI is InChI=1S/C10H22N2/c1-8(2)12-9-5-6-11-7-10(9,3)4/h8-9,11-12H,5-7H2,1-4H3. The van der Waals surface area contributed by atoms with Crippen LogP contribution in [0.1, 0.15) is 34.1 Å².